The zero-order valence-electron chi connectivity index (χ0n) is 13.3. The maximum atomic E-state index is 10.7. The number of halogens is 4. The van der Waals surface area contributed by atoms with E-state index >= 15 is 0 Å². The van der Waals surface area contributed by atoms with Crippen molar-refractivity contribution < 1.29 is 26.1 Å². The van der Waals surface area contributed by atoms with Crippen LogP contribution >= 0.6 is 11.6 Å². The van der Waals surface area contributed by atoms with Crippen molar-refractivity contribution in [3.8, 4) is 0 Å². The fourth-order valence-corrected chi connectivity index (χ4v) is 3.63. The highest BCUT2D eigenvalue weighted by Gasteiger charge is 2.36. The summed E-state index contributed by atoms with van der Waals surface area (Å²) in [6.07, 6.45) is 4.55. The van der Waals surface area contributed by atoms with Gasteiger partial charge in [0.05, 0.1) is 12.5 Å². The molecule has 0 heterocycles. The lowest BCUT2D eigenvalue weighted by Gasteiger charge is -2.15. The van der Waals surface area contributed by atoms with E-state index in [1.807, 2.05) is 12.1 Å². The van der Waals surface area contributed by atoms with E-state index in [1.165, 1.54) is 11.1 Å². The van der Waals surface area contributed by atoms with Gasteiger partial charge in [-0.2, -0.15) is 13.2 Å². The first-order valence-corrected chi connectivity index (χ1v) is 10.7. The number of hydrogen-bond donors (Lipinski definition) is 0. The number of alkyl halides is 3. The molecule has 3 nitrogen and oxygen atoms in total. The van der Waals surface area contributed by atoms with Crippen LogP contribution in [-0.4, -0.2) is 31.0 Å². The van der Waals surface area contributed by atoms with Crippen molar-refractivity contribution in [1.82, 2.24) is 0 Å². The molecule has 0 spiro atoms. The monoisotopic (exact) mass is 412 g/mol. The second-order valence-electron chi connectivity index (χ2n) is 5.13. The highest BCUT2D eigenvalue weighted by molar-refractivity contribution is 7.95. The fourth-order valence-electron chi connectivity index (χ4n) is 2.03. The summed E-state index contributed by atoms with van der Waals surface area (Å²) in [5.74, 6) is 0. The Labute approximate surface area is 152 Å². The summed E-state index contributed by atoms with van der Waals surface area (Å²) >= 11 is 6.08. The van der Waals surface area contributed by atoms with E-state index in [0.717, 1.165) is 5.02 Å². The minimum Gasteiger partial charge on any atom is -0.741 e. The molecule has 25 heavy (non-hydrogen) atoms. The van der Waals surface area contributed by atoms with Crippen LogP contribution in [0.4, 0.5) is 13.2 Å². The lowest BCUT2D eigenvalue weighted by molar-refractivity contribution is -0.0517. The van der Waals surface area contributed by atoms with E-state index in [2.05, 4.69) is 55.0 Å². The van der Waals surface area contributed by atoms with Crippen LogP contribution in [0.25, 0.3) is 0 Å². The molecule has 0 aliphatic rings. The van der Waals surface area contributed by atoms with Crippen molar-refractivity contribution in [1.29, 1.82) is 0 Å². The topological polar surface area (TPSA) is 57.2 Å². The Morgan fingerprint density at radius 2 is 1.48 bits per heavy atom. The number of rotatable bonds is 3. The second-order valence-corrected chi connectivity index (χ2v) is 9.16. The molecular formula is C16H16ClF3O3S2. The third-order valence-corrected chi connectivity index (χ3v) is 5.30. The Hall–Kier alpha value is -1.22. The van der Waals surface area contributed by atoms with Crippen LogP contribution in [0.3, 0.4) is 0 Å². The van der Waals surface area contributed by atoms with Crippen molar-refractivity contribution in [3.05, 3.63) is 70.7 Å². The Bertz CT molecular complexity index is 779. The predicted molar refractivity (Wildman–Crippen MR) is 94.7 cm³/mol. The van der Waals surface area contributed by atoms with Crippen LogP contribution in [-0.2, 0) is 21.0 Å². The number of benzene rings is 2. The summed E-state index contributed by atoms with van der Waals surface area (Å²) in [6, 6.07) is 18.8. The predicted octanol–water partition coefficient (Wildman–Crippen LogP) is 4.36. The van der Waals surface area contributed by atoms with Crippen LogP contribution < -0.4 is 0 Å². The molecule has 0 radical (unpaired) electrons. The van der Waals surface area contributed by atoms with Crippen LogP contribution in [0.2, 0.25) is 5.02 Å². The maximum Gasteiger partial charge on any atom is 0.485 e. The third-order valence-electron chi connectivity index (χ3n) is 3.01. The molecule has 2 rings (SSSR count). The van der Waals surface area contributed by atoms with Gasteiger partial charge in [-0.15, -0.1) is 0 Å². The van der Waals surface area contributed by atoms with E-state index in [1.54, 1.807) is 0 Å². The van der Waals surface area contributed by atoms with Crippen LogP contribution in [0.15, 0.2) is 54.6 Å². The largest absolute Gasteiger partial charge is 0.741 e. The minimum atomic E-state index is -6.09. The molecule has 138 valence electrons. The quantitative estimate of drug-likeness (QED) is 0.427. The molecule has 0 bridgehead atoms. The lowest BCUT2D eigenvalue weighted by atomic mass is 10.0. The Morgan fingerprint density at radius 1 is 1.00 bits per heavy atom. The van der Waals surface area contributed by atoms with Gasteiger partial charge >= 0.3 is 5.51 Å². The van der Waals surface area contributed by atoms with Crippen molar-refractivity contribution in [3.63, 3.8) is 0 Å². The smallest absolute Gasteiger partial charge is 0.485 e. The summed E-state index contributed by atoms with van der Waals surface area (Å²) in [4.78, 5) is 0. The molecule has 2 aromatic carbocycles. The summed E-state index contributed by atoms with van der Waals surface area (Å²) in [7, 11) is -5.81. The Balaban J connectivity index is 0.000000333. The molecule has 0 aliphatic heterocycles. The molecular weight excluding hydrogens is 397 g/mol. The van der Waals surface area contributed by atoms with Gasteiger partial charge in [-0.05, 0) is 23.0 Å². The molecule has 0 saturated carbocycles. The van der Waals surface area contributed by atoms with Crippen LogP contribution in [0.5, 0.6) is 0 Å². The molecule has 0 saturated heterocycles. The maximum absolute atomic E-state index is 10.7. The molecule has 1 atom stereocenters. The van der Waals surface area contributed by atoms with Crippen molar-refractivity contribution in [2.75, 3.05) is 12.5 Å². The van der Waals surface area contributed by atoms with E-state index in [-0.39, 0.29) is 10.9 Å². The Kier molecular flexibility index (Phi) is 7.80. The first-order chi connectivity index (χ1) is 11.4. The SMILES string of the molecule is C[S+](C)C(c1ccccc1)c1cccc(Cl)c1.O=S(=O)([O-])C(F)(F)F. The average Bonchev–Trinajstić information content (AvgIpc) is 2.47. The summed E-state index contributed by atoms with van der Waals surface area (Å²) in [5, 5.41) is 1.25. The summed E-state index contributed by atoms with van der Waals surface area (Å²) in [5.41, 5.74) is -2.98. The molecule has 9 heteroatoms. The van der Waals surface area contributed by atoms with Gasteiger partial charge in [0.2, 0.25) is 0 Å². The van der Waals surface area contributed by atoms with Gasteiger partial charge in [0.25, 0.3) is 0 Å². The first-order valence-electron chi connectivity index (χ1n) is 6.82. The van der Waals surface area contributed by atoms with E-state index in [9.17, 15) is 13.2 Å². The van der Waals surface area contributed by atoms with Crippen molar-refractivity contribution in [2.45, 2.75) is 10.8 Å². The fraction of sp³-hybridized carbons (Fsp3) is 0.250. The molecule has 0 aliphatic carbocycles. The molecule has 0 N–H and O–H groups in total. The van der Waals surface area contributed by atoms with Gasteiger partial charge in [0.1, 0.15) is 0 Å². The number of hydrogen-bond acceptors (Lipinski definition) is 3. The Morgan fingerprint density at radius 3 is 1.88 bits per heavy atom. The highest BCUT2D eigenvalue weighted by atomic mass is 35.5. The molecule has 2 aromatic rings. The van der Waals surface area contributed by atoms with Crippen molar-refractivity contribution in [2.24, 2.45) is 0 Å². The molecule has 0 aromatic heterocycles. The first kappa shape index (κ1) is 21.8. The second kappa shape index (κ2) is 8.93. The van der Waals surface area contributed by atoms with E-state index < -0.39 is 15.6 Å². The summed E-state index contributed by atoms with van der Waals surface area (Å²) < 4.78 is 58.9. The molecule has 0 amide bonds. The van der Waals surface area contributed by atoms with Gasteiger partial charge < -0.3 is 4.55 Å². The van der Waals surface area contributed by atoms with E-state index in [4.69, 9.17) is 24.6 Å². The normalized spacial score (nSPS) is 13.1. The van der Waals surface area contributed by atoms with Gasteiger partial charge in [-0.25, -0.2) is 8.42 Å². The van der Waals surface area contributed by atoms with Gasteiger partial charge in [-0.3, -0.25) is 0 Å². The third kappa shape index (κ3) is 6.89. The highest BCUT2D eigenvalue weighted by Crippen LogP contribution is 2.31. The van der Waals surface area contributed by atoms with Crippen LogP contribution in [0.1, 0.15) is 16.4 Å². The standard InChI is InChI=1S/C15H16ClS.CHF3O3S/c1-17(2)15(12-7-4-3-5-8-12)13-9-6-10-14(16)11-13;2-1(3,4)8(5,6)7/h3-11,15H,1-2H3;(H,5,6,7)/q+1;/p-1. The molecule has 0 fully saturated rings. The minimum absolute atomic E-state index is 0.278. The van der Waals surface area contributed by atoms with Gasteiger partial charge in [0, 0.05) is 16.1 Å². The van der Waals surface area contributed by atoms with Crippen molar-refractivity contribution >= 4 is 32.6 Å². The average molecular weight is 413 g/mol. The van der Waals surface area contributed by atoms with Crippen LogP contribution in [0, 0.1) is 0 Å². The zero-order valence-corrected chi connectivity index (χ0v) is 15.7. The zero-order chi connectivity index (χ0) is 19.3. The lowest BCUT2D eigenvalue weighted by Crippen LogP contribution is -2.21. The summed E-state index contributed by atoms with van der Waals surface area (Å²) in [6.45, 7) is 0. The van der Waals surface area contributed by atoms with Gasteiger partial charge in [0.15, 0.2) is 15.4 Å². The molecule has 1 unspecified atom stereocenters. The van der Waals surface area contributed by atoms with Gasteiger partial charge in [-0.1, -0.05) is 54.1 Å². The van der Waals surface area contributed by atoms with E-state index in [0.29, 0.717) is 5.25 Å².